The van der Waals surface area contributed by atoms with Crippen molar-refractivity contribution >= 4 is 62.0 Å². The number of benzene rings is 4. The quantitative estimate of drug-likeness (QED) is 0.0284. The molecule has 0 bridgehead atoms. The van der Waals surface area contributed by atoms with Gasteiger partial charge in [-0.1, -0.05) is 93.1 Å². The minimum Gasteiger partial charge on any atom is -0.462 e. The van der Waals surface area contributed by atoms with Gasteiger partial charge >= 0.3 is 18.0 Å². The van der Waals surface area contributed by atoms with E-state index < -0.39 is 35.5 Å². The van der Waals surface area contributed by atoms with Crippen molar-refractivity contribution in [3.05, 3.63) is 72.3 Å². The highest BCUT2D eigenvalue weighted by Crippen LogP contribution is 2.36. The van der Waals surface area contributed by atoms with Gasteiger partial charge in [0, 0.05) is 0 Å². The summed E-state index contributed by atoms with van der Waals surface area (Å²) in [5, 5.41) is 6.77. The molecule has 2 atom stereocenters. The van der Waals surface area contributed by atoms with Crippen LogP contribution in [0.15, 0.2) is 66.7 Å². The predicted octanol–water partition coefficient (Wildman–Crippen LogP) is 10.3. The first-order valence-corrected chi connectivity index (χ1v) is 18.8. The zero-order valence-electron chi connectivity index (χ0n) is 30.7. The Morgan fingerprint density at radius 1 is 0.882 bits per heavy atom. The molecule has 5 rings (SSSR count). The van der Waals surface area contributed by atoms with Crippen LogP contribution < -0.4 is 0 Å². The van der Waals surface area contributed by atoms with E-state index in [4.69, 9.17) is 30.5 Å². The summed E-state index contributed by atoms with van der Waals surface area (Å²) < 4.78 is 22.9. The molecule has 1 fully saturated rings. The topological polar surface area (TPSA) is 91.4 Å². The van der Waals surface area contributed by atoms with Crippen LogP contribution in [0, 0.1) is 0 Å². The number of allylic oxidation sites excluding steroid dienone is 1. The molecule has 4 aromatic carbocycles. The van der Waals surface area contributed by atoms with E-state index in [1.807, 2.05) is 51.1 Å². The van der Waals surface area contributed by atoms with E-state index in [1.54, 1.807) is 13.8 Å². The number of carbonyl (C=O) groups excluding carboxylic acids is 3. The Kier molecular flexibility index (Phi) is 12.9. The molecule has 1 aliphatic rings. The van der Waals surface area contributed by atoms with Crippen molar-refractivity contribution in [2.45, 2.75) is 116 Å². The third kappa shape index (κ3) is 9.72. The lowest BCUT2D eigenvalue weighted by Gasteiger charge is -2.36. The smallest absolute Gasteiger partial charge is 0.413 e. The number of ether oxygens (including phenoxy) is 4. The SMILES string of the molecule is CC(C)(C)OC(=O)N1[C@H]([C@@H](/C=C/CCCCCCCCCCOC(=O)c2ccc3ccc4cccc5ccc2c3c45)OC(=O)CCl)COC1(C)C. The minimum absolute atomic E-state index is 0.209. The summed E-state index contributed by atoms with van der Waals surface area (Å²) in [7, 11) is 0. The van der Waals surface area contributed by atoms with Crippen molar-refractivity contribution in [2.24, 2.45) is 0 Å². The molecule has 1 saturated heterocycles. The number of unbranched alkanes of at least 4 members (excludes halogenated alkanes) is 8. The highest BCUT2D eigenvalue weighted by molar-refractivity contribution is 6.26. The van der Waals surface area contributed by atoms with Crippen LogP contribution >= 0.6 is 11.6 Å². The maximum Gasteiger partial charge on any atom is 0.413 e. The first kappa shape index (κ1) is 38.4. The number of hydrogen-bond acceptors (Lipinski definition) is 7. The monoisotopic (exact) mass is 717 g/mol. The first-order valence-electron chi connectivity index (χ1n) is 18.3. The molecule has 0 radical (unpaired) electrons. The number of nitrogens with zero attached hydrogens (tertiary/aromatic N) is 1. The molecule has 1 aliphatic heterocycles. The summed E-state index contributed by atoms with van der Waals surface area (Å²) in [6, 6.07) is 18.1. The van der Waals surface area contributed by atoms with Gasteiger partial charge in [0.05, 0.1) is 18.8 Å². The highest BCUT2D eigenvalue weighted by atomic mass is 35.5. The Morgan fingerprint density at radius 3 is 2.16 bits per heavy atom. The van der Waals surface area contributed by atoms with Gasteiger partial charge in [-0.2, -0.15) is 0 Å². The number of rotatable bonds is 16. The molecule has 0 N–H and O–H groups in total. The molecule has 1 heterocycles. The van der Waals surface area contributed by atoms with Crippen molar-refractivity contribution in [1.29, 1.82) is 0 Å². The van der Waals surface area contributed by atoms with Crippen molar-refractivity contribution < 1.29 is 33.3 Å². The summed E-state index contributed by atoms with van der Waals surface area (Å²) in [6.07, 6.45) is 12.0. The molecular formula is C42H52ClNO7. The van der Waals surface area contributed by atoms with Gasteiger partial charge in [-0.3, -0.25) is 9.69 Å². The fraction of sp³-hybridized carbons (Fsp3) is 0.500. The average Bonchev–Trinajstić information content (AvgIpc) is 3.42. The van der Waals surface area contributed by atoms with Crippen molar-refractivity contribution in [2.75, 3.05) is 19.1 Å². The highest BCUT2D eigenvalue weighted by Gasteiger charge is 2.49. The van der Waals surface area contributed by atoms with E-state index in [0.29, 0.717) is 12.2 Å². The average molecular weight is 718 g/mol. The number of halogens is 1. The molecule has 51 heavy (non-hydrogen) atoms. The number of esters is 2. The predicted molar refractivity (Wildman–Crippen MR) is 204 cm³/mol. The molecule has 0 spiro atoms. The van der Waals surface area contributed by atoms with E-state index >= 15 is 0 Å². The van der Waals surface area contributed by atoms with E-state index in [-0.39, 0.29) is 18.5 Å². The second-order valence-corrected chi connectivity index (χ2v) is 15.2. The molecule has 8 nitrogen and oxygen atoms in total. The van der Waals surface area contributed by atoms with Crippen LogP contribution in [0.2, 0.25) is 0 Å². The molecular weight excluding hydrogens is 666 g/mol. The van der Waals surface area contributed by atoms with Crippen LogP contribution in [0.3, 0.4) is 0 Å². The van der Waals surface area contributed by atoms with Crippen LogP contribution in [0.1, 0.15) is 103 Å². The van der Waals surface area contributed by atoms with Gasteiger partial charge in [-0.15, -0.1) is 11.6 Å². The zero-order chi connectivity index (χ0) is 36.6. The Labute approximate surface area is 306 Å². The maximum absolute atomic E-state index is 13.1. The van der Waals surface area contributed by atoms with Crippen LogP contribution in [0.5, 0.6) is 0 Å². The summed E-state index contributed by atoms with van der Waals surface area (Å²) in [4.78, 5) is 39.9. The Bertz CT molecular complexity index is 1810. The Hall–Kier alpha value is -3.88. The van der Waals surface area contributed by atoms with E-state index in [9.17, 15) is 14.4 Å². The van der Waals surface area contributed by atoms with Crippen molar-refractivity contribution in [3.8, 4) is 0 Å². The maximum atomic E-state index is 13.1. The first-order chi connectivity index (χ1) is 24.4. The van der Waals surface area contributed by atoms with Crippen molar-refractivity contribution in [3.63, 3.8) is 0 Å². The number of hydrogen-bond donors (Lipinski definition) is 0. The third-order valence-corrected chi connectivity index (χ3v) is 9.66. The summed E-state index contributed by atoms with van der Waals surface area (Å²) in [6.45, 7) is 9.66. The van der Waals surface area contributed by atoms with Gasteiger partial charge < -0.3 is 18.9 Å². The van der Waals surface area contributed by atoms with Crippen LogP contribution in [-0.4, -0.2) is 65.5 Å². The zero-order valence-corrected chi connectivity index (χ0v) is 31.4. The number of carbonyl (C=O) groups is 3. The van der Waals surface area contributed by atoms with Crippen LogP contribution in [-0.2, 0) is 23.7 Å². The summed E-state index contributed by atoms with van der Waals surface area (Å²) in [5.74, 6) is -1.09. The van der Waals surface area contributed by atoms with Gasteiger partial charge in [-0.05, 0) is 98.3 Å². The van der Waals surface area contributed by atoms with Gasteiger partial charge in [0.2, 0.25) is 0 Å². The third-order valence-electron chi connectivity index (χ3n) is 9.44. The number of amides is 1. The van der Waals surface area contributed by atoms with E-state index in [0.717, 1.165) is 73.9 Å². The lowest BCUT2D eigenvalue weighted by Crippen LogP contribution is -2.53. The molecule has 0 saturated carbocycles. The molecule has 0 aromatic heterocycles. The molecule has 0 aliphatic carbocycles. The molecule has 9 heteroatoms. The van der Waals surface area contributed by atoms with Crippen LogP contribution in [0.4, 0.5) is 4.79 Å². The van der Waals surface area contributed by atoms with E-state index in [1.165, 1.54) is 21.1 Å². The molecule has 274 valence electrons. The molecule has 4 aromatic rings. The van der Waals surface area contributed by atoms with Gasteiger partial charge in [0.15, 0.2) is 0 Å². The lowest BCUT2D eigenvalue weighted by atomic mass is 9.92. The lowest BCUT2D eigenvalue weighted by molar-refractivity contribution is -0.146. The summed E-state index contributed by atoms with van der Waals surface area (Å²) in [5.41, 5.74) is -0.966. The minimum atomic E-state index is -0.914. The summed E-state index contributed by atoms with van der Waals surface area (Å²) >= 11 is 5.75. The Balaban J connectivity index is 0.989. The largest absolute Gasteiger partial charge is 0.462 e. The van der Waals surface area contributed by atoms with Crippen molar-refractivity contribution in [1.82, 2.24) is 4.90 Å². The second-order valence-electron chi connectivity index (χ2n) is 14.9. The van der Waals surface area contributed by atoms with Gasteiger partial charge in [0.1, 0.15) is 29.4 Å². The van der Waals surface area contributed by atoms with E-state index in [2.05, 4.69) is 36.4 Å². The number of alkyl halides is 1. The molecule has 1 amide bonds. The fourth-order valence-corrected chi connectivity index (χ4v) is 7.04. The van der Waals surface area contributed by atoms with Gasteiger partial charge in [0.25, 0.3) is 0 Å². The Morgan fingerprint density at radius 2 is 1.49 bits per heavy atom. The van der Waals surface area contributed by atoms with Gasteiger partial charge in [-0.25, -0.2) is 9.59 Å². The standard InChI is InChI=1S/C42H52ClNO7/c1-41(2,3)51-40(47)44-34(28-49-42(44,4)5)35(50-36(45)27-43)19-14-12-10-8-6-7-9-11-13-15-26-48-39(46)33-25-23-31-21-20-29-17-16-18-30-22-24-32(33)38(31)37(29)30/h14,16-25,34-35H,6-13,15,26-28H2,1-5H3/b19-14+/t34-,35+/m0/s1. The van der Waals surface area contributed by atoms with Crippen LogP contribution in [0.25, 0.3) is 32.3 Å². The molecule has 0 unspecified atom stereocenters. The normalized spacial score (nSPS) is 16.7. The fourth-order valence-electron chi connectivity index (χ4n) is 6.98. The second kappa shape index (κ2) is 17.1.